The van der Waals surface area contributed by atoms with Gasteiger partial charge in [-0.05, 0) is 93.5 Å². The van der Waals surface area contributed by atoms with E-state index in [2.05, 4.69) is 188 Å². The number of anilines is 2. The predicted octanol–water partition coefficient (Wildman–Crippen LogP) is 12.2. The lowest BCUT2D eigenvalue weighted by atomic mass is 9.82. The molecule has 2 nitrogen and oxygen atoms in total. The molecule has 0 bridgehead atoms. The molecule has 0 unspecified atom stereocenters. The highest BCUT2D eigenvalue weighted by atomic mass is 15.0. The van der Waals surface area contributed by atoms with E-state index in [9.17, 15) is 0 Å². The number of benzene rings is 7. The van der Waals surface area contributed by atoms with Gasteiger partial charge in [0, 0.05) is 38.8 Å². The van der Waals surface area contributed by atoms with Gasteiger partial charge in [0.2, 0.25) is 0 Å². The minimum atomic E-state index is 0.00225. The van der Waals surface area contributed by atoms with Crippen molar-refractivity contribution in [3.63, 3.8) is 0 Å². The summed E-state index contributed by atoms with van der Waals surface area (Å²) in [6.45, 7) is 4.65. The zero-order chi connectivity index (χ0) is 31.5. The first-order valence-electron chi connectivity index (χ1n) is 16.4. The van der Waals surface area contributed by atoms with Crippen molar-refractivity contribution < 1.29 is 0 Å². The Morgan fingerprint density at radius 2 is 1.13 bits per heavy atom. The highest BCUT2D eigenvalue weighted by molar-refractivity contribution is 6.10. The molecular formula is C45H34N2. The van der Waals surface area contributed by atoms with E-state index in [1.165, 1.54) is 72.0 Å². The van der Waals surface area contributed by atoms with Crippen LogP contribution in [0.25, 0.3) is 60.9 Å². The number of hydrogen-bond acceptors (Lipinski definition) is 1. The fourth-order valence-corrected chi connectivity index (χ4v) is 7.67. The summed E-state index contributed by atoms with van der Waals surface area (Å²) >= 11 is 0. The van der Waals surface area contributed by atoms with E-state index in [0.717, 1.165) is 11.4 Å². The van der Waals surface area contributed by atoms with Gasteiger partial charge in [0.25, 0.3) is 0 Å². The highest BCUT2D eigenvalue weighted by Gasteiger charge is 2.35. The Morgan fingerprint density at radius 1 is 0.447 bits per heavy atom. The zero-order valence-corrected chi connectivity index (χ0v) is 26.5. The van der Waals surface area contributed by atoms with Crippen molar-refractivity contribution in [1.29, 1.82) is 0 Å². The lowest BCUT2D eigenvalue weighted by Gasteiger charge is -2.21. The van der Waals surface area contributed by atoms with E-state index in [4.69, 9.17) is 0 Å². The summed E-state index contributed by atoms with van der Waals surface area (Å²) in [6, 6.07) is 59.4. The highest BCUT2D eigenvalue weighted by Crippen LogP contribution is 2.49. The van der Waals surface area contributed by atoms with Crippen LogP contribution >= 0.6 is 0 Å². The minimum Gasteiger partial charge on any atom is -0.355 e. The number of para-hydroxylation sites is 3. The Kier molecular flexibility index (Phi) is 6.20. The van der Waals surface area contributed by atoms with Gasteiger partial charge in [0.1, 0.15) is 0 Å². The molecule has 0 saturated heterocycles. The zero-order valence-electron chi connectivity index (χ0n) is 26.5. The molecule has 0 radical (unpaired) electrons. The summed E-state index contributed by atoms with van der Waals surface area (Å²) in [5.41, 5.74) is 16.0. The Bertz CT molecular complexity index is 2460. The van der Waals surface area contributed by atoms with Gasteiger partial charge >= 0.3 is 0 Å². The van der Waals surface area contributed by atoms with Crippen LogP contribution in [0.15, 0.2) is 164 Å². The molecule has 224 valence electrons. The summed E-state index contributed by atoms with van der Waals surface area (Å²) in [7, 11) is 0. The molecule has 1 aromatic heterocycles. The van der Waals surface area contributed by atoms with E-state index in [1.807, 2.05) is 0 Å². The Labute approximate surface area is 275 Å². The third-order valence-electron chi connectivity index (χ3n) is 9.98. The first-order valence-corrected chi connectivity index (χ1v) is 16.4. The second-order valence-corrected chi connectivity index (χ2v) is 13.1. The third kappa shape index (κ3) is 4.40. The largest absolute Gasteiger partial charge is 0.355 e. The van der Waals surface area contributed by atoms with Crippen molar-refractivity contribution in [3.8, 4) is 39.1 Å². The van der Waals surface area contributed by atoms with Crippen LogP contribution in [0, 0.1) is 0 Å². The van der Waals surface area contributed by atoms with Crippen LogP contribution in [0.4, 0.5) is 11.4 Å². The molecule has 1 aliphatic carbocycles. The minimum absolute atomic E-state index is 0.00225. The monoisotopic (exact) mass is 602 g/mol. The van der Waals surface area contributed by atoms with Crippen molar-refractivity contribution >= 4 is 33.2 Å². The SMILES string of the molecule is CC1(C)c2ccccc2-c2cc(Nc3ccccc3-c3cccc(-c4ccc5c(c4)c4ccccc4n5-c4ccccc4)c3)ccc21. The van der Waals surface area contributed by atoms with Gasteiger partial charge in [-0.3, -0.25) is 0 Å². The van der Waals surface area contributed by atoms with Gasteiger partial charge in [-0.1, -0.05) is 123 Å². The predicted molar refractivity (Wildman–Crippen MR) is 199 cm³/mol. The van der Waals surface area contributed by atoms with Crippen LogP contribution in [0.1, 0.15) is 25.0 Å². The second-order valence-electron chi connectivity index (χ2n) is 13.1. The molecule has 0 amide bonds. The number of nitrogens with zero attached hydrogens (tertiary/aromatic N) is 1. The number of hydrogen-bond donors (Lipinski definition) is 1. The standard InChI is InChI=1S/C45H34N2/c1-45(2)40-20-9-6-18-36(40)38-29-33(24-25-41(38)45)46-42-21-10-7-17-35(42)32-14-12-13-30(27-32)31-23-26-44-39(28-31)37-19-8-11-22-43(37)47(44)34-15-4-3-5-16-34/h3-29,46H,1-2H3. The summed E-state index contributed by atoms with van der Waals surface area (Å²) in [6.07, 6.45) is 0. The molecule has 8 aromatic rings. The topological polar surface area (TPSA) is 17.0 Å². The second kappa shape index (κ2) is 10.6. The molecule has 0 atom stereocenters. The average molecular weight is 603 g/mol. The smallest absolute Gasteiger partial charge is 0.0541 e. The van der Waals surface area contributed by atoms with Gasteiger partial charge in [-0.2, -0.15) is 0 Å². The van der Waals surface area contributed by atoms with E-state index in [1.54, 1.807) is 0 Å². The first kappa shape index (κ1) is 27.5. The quantitative estimate of drug-likeness (QED) is 0.207. The van der Waals surface area contributed by atoms with Crippen molar-refractivity contribution in [2.45, 2.75) is 19.3 Å². The Balaban J connectivity index is 1.10. The van der Waals surface area contributed by atoms with Crippen molar-refractivity contribution in [2.75, 3.05) is 5.32 Å². The summed E-state index contributed by atoms with van der Waals surface area (Å²) < 4.78 is 2.37. The third-order valence-corrected chi connectivity index (χ3v) is 9.98. The van der Waals surface area contributed by atoms with Gasteiger partial charge < -0.3 is 9.88 Å². The average Bonchev–Trinajstić information content (AvgIpc) is 3.57. The number of aromatic nitrogens is 1. The molecule has 0 aliphatic heterocycles. The fourth-order valence-electron chi connectivity index (χ4n) is 7.67. The lowest BCUT2D eigenvalue weighted by molar-refractivity contribution is 0.660. The van der Waals surface area contributed by atoms with Crippen LogP contribution in [0.5, 0.6) is 0 Å². The summed E-state index contributed by atoms with van der Waals surface area (Å²) in [5.74, 6) is 0. The Hall–Kier alpha value is -5.86. The van der Waals surface area contributed by atoms with E-state index < -0.39 is 0 Å². The summed E-state index contributed by atoms with van der Waals surface area (Å²) in [4.78, 5) is 0. The maximum atomic E-state index is 3.78. The molecule has 7 aromatic carbocycles. The van der Waals surface area contributed by atoms with Crippen LogP contribution in [-0.2, 0) is 5.41 Å². The molecule has 1 N–H and O–H groups in total. The molecular weight excluding hydrogens is 569 g/mol. The fraction of sp³-hybridized carbons (Fsp3) is 0.0667. The molecule has 9 rings (SSSR count). The lowest BCUT2D eigenvalue weighted by Crippen LogP contribution is -2.14. The maximum absolute atomic E-state index is 3.78. The van der Waals surface area contributed by atoms with Gasteiger partial charge in [-0.15, -0.1) is 0 Å². The van der Waals surface area contributed by atoms with Gasteiger partial charge in [0.05, 0.1) is 11.0 Å². The van der Waals surface area contributed by atoms with Gasteiger partial charge in [0.15, 0.2) is 0 Å². The molecule has 0 fully saturated rings. The van der Waals surface area contributed by atoms with Crippen molar-refractivity contribution in [3.05, 3.63) is 175 Å². The summed E-state index contributed by atoms with van der Waals surface area (Å²) in [5, 5.41) is 6.30. The molecule has 2 heteroatoms. The normalized spacial score (nSPS) is 13.1. The van der Waals surface area contributed by atoms with Crippen molar-refractivity contribution in [1.82, 2.24) is 4.57 Å². The molecule has 47 heavy (non-hydrogen) atoms. The number of rotatable bonds is 5. The van der Waals surface area contributed by atoms with Crippen LogP contribution < -0.4 is 5.32 Å². The van der Waals surface area contributed by atoms with Crippen LogP contribution in [0.2, 0.25) is 0 Å². The van der Waals surface area contributed by atoms with Crippen molar-refractivity contribution in [2.24, 2.45) is 0 Å². The molecule has 0 saturated carbocycles. The molecule has 1 aliphatic rings. The Morgan fingerprint density at radius 3 is 2.02 bits per heavy atom. The van der Waals surface area contributed by atoms with Gasteiger partial charge in [-0.25, -0.2) is 0 Å². The van der Waals surface area contributed by atoms with E-state index in [0.29, 0.717) is 0 Å². The number of fused-ring (bicyclic) bond motifs is 6. The number of nitrogens with one attached hydrogen (secondary N) is 1. The maximum Gasteiger partial charge on any atom is 0.0541 e. The molecule has 1 heterocycles. The first-order chi connectivity index (χ1) is 23.1. The molecule has 0 spiro atoms. The van der Waals surface area contributed by atoms with Crippen LogP contribution in [0.3, 0.4) is 0 Å². The van der Waals surface area contributed by atoms with E-state index in [-0.39, 0.29) is 5.41 Å². The van der Waals surface area contributed by atoms with E-state index >= 15 is 0 Å². The van der Waals surface area contributed by atoms with Crippen LogP contribution in [-0.4, -0.2) is 4.57 Å².